The maximum atomic E-state index is 12.6. The second-order valence-corrected chi connectivity index (χ2v) is 8.59. The van der Waals surface area contributed by atoms with Gasteiger partial charge in [-0.3, -0.25) is 4.79 Å². The molecule has 0 radical (unpaired) electrons. The number of ether oxygens (including phenoxy) is 1. The lowest BCUT2D eigenvalue weighted by Crippen LogP contribution is -2.24. The summed E-state index contributed by atoms with van der Waals surface area (Å²) in [6.07, 6.45) is 0. The average molecular weight is 376 g/mol. The fourth-order valence-electron chi connectivity index (χ4n) is 2.18. The van der Waals surface area contributed by atoms with Crippen molar-refractivity contribution >= 4 is 21.6 Å². The lowest BCUT2D eigenvalue weighted by molar-refractivity contribution is 0.102. The van der Waals surface area contributed by atoms with Crippen LogP contribution in [-0.2, 0) is 10.0 Å². The molecule has 0 spiro atoms. The summed E-state index contributed by atoms with van der Waals surface area (Å²) in [5, 5.41) is 2.68. The standard InChI is InChI=1S/C19H24N2O4S/c1-14(2)13-25-16-9-7-8-15(12-16)19(22)20-17-10-5-6-11-18(17)26(23,24)21(3)4/h5-12,14H,13H2,1-4H3,(H,20,22). The van der Waals surface area contributed by atoms with Gasteiger partial charge in [0.2, 0.25) is 10.0 Å². The van der Waals surface area contributed by atoms with Gasteiger partial charge in [-0.2, -0.15) is 0 Å². The van der Waals surface area contributed by atoms with Crippen LogP contribution in [0, 0.1) is 5.92 Å². The number of anilines is 1. The van der Waals surface area contributed by atoms with Crippen molar-refractivity contribution in [2.45, 2.75) is 18.7 Å². The Morgan fingerprint density at radius 3 is 2.46 bits per heavy atom. The van der Waals surface area contributed by atoms with E-state index < -0.39 is 15.9 Å². The highest BCUT2D eigenvalue weighted by Gasteiger charge is 2.22. The van der Waals surface area contributed by atoms with Crippen LogP contribution in [-0.4, -0.2) is 39.3 Å². The number of hydrogen-bond donors (Lipinski definition) is 1. The lowest BCUT2D eigenvalue weighted by Gasteiger charge is -2.16. The van der Waals surface area contributed by atoms with Gasteiger partial charge in [0.1, 0.15) is 10.6 Å². The van der Waals surface area contributed by atoms with Crippen LogP contribution in [0.2, 0.25) is 0 Å². The Bertz CT molecular complexity index is 877. The van der Waals surface area contributed by atoms with Crippen molar-refractivity contribution in [3.63, 3.8) is 0 Å². The Kier molecular flexibility index (Phi) is 6.39. The first-order valence-corrected chi connectivity index (χ1v) is 9.71. The molecule has 7 heteroatoms. The number of carbonyl (C=O) groups excluding carboxylic acids is 1. The minimum atomic E-state index is -3.67. The first-order valence-electron chi connectivity index (χ1n) is 8.27. The van der Waals surface area contributed by atoms with Gasteiger partial charge in [0, 0.05) is 19.7 Å². The lowest BCUT2D eigenvalue weighted by atomic mass is 10.2. The second-order valence-electron chi connectivity index (χ2n) is 6.47. The summed E-state index contributed by atoms with van der Waals surface area (Å²) < 4.78 is 31.6. The number of nitrogens with zero attached hydrogens (tertiary/aromatic N) is 1. The molecule has 2 aromatic rings. The first kappa shape index (κ1) is 19.9. The number of nitrogens with one attached hydrogen (secondary N) is 1. The molecule has 0 atom stereocenters. The van der Waals surface area contributed by atoms with Gasteiger partial charge in [-0.05, 0) is 36.2 Å². The van der Waals surface area contributed by atoms with E-state index >= 15 is 0 Å². The monoisotopic (exact) mass is 376 g/mol. The van der Waals surface area contributed by atoms with Crippen LogP contribution in [0.3, 0.4) is 0 Å². The molecular weight excluding hydrogens is 352 g/mol. The Balaban J connectivity index is 2.25. The molecule has 0 aliphatic rings. The number of hydrogen-bond acceptors (Lipinski definition) is 4. The van der Waals surface area contributed by atoms with Crippen LogP contribution in [0.15, 0.2) is 53.4 Å². The summed E-state index contributed by atoms with van der Waals surface area (Å²) >= 11 is 0. The van der Waals surface area contributed by atoms with E-state index in [1.807, 2.05) is 13.8 Å². The molecule has 0 unspecified atom stereocenters. The van der Waals surface area contributed by atoms with Crippen molar-refractivity contribution < 1.29 is 17.9 Å². The first-order chi connectivity index (χ1) is 12.2. The van der Waals surface area contributed by atoms with Crippen LogP contribution in [0.25, 0.3) is 0 Å². The SMILES string of the molecule is CC(C)COc1cccc(C(=O)Nc2ccccc2S(=O)(=O)N(C)C)c1. The molecule has 1 N–H and O–H groups in total. The van der Waals surface area contributed by atoms with Crippen LogP contribution in [0.4, 0.5) is 5.69 Å². The molecule has 0 aliphatic carbocycles. The summed E-state index contributed by atoms with van der Waals surface area (Å²) in [5.41, 5.74) is 0.628. The minimum absolute atomic E-state index is 0.0468. The smallest absolute Gasteiger partial charge is 0.255 e. The largest absolute Gasteiger partial charge is 0.493 e. The minimum Gasteiger partial charge on any atom is -0.493 e. The van der Waals surface area contributed by atoms with Gasteiger partial charge in [0.05, 0.1) is 12.3 Å². The van der Waals surface area contributed by atoms with Crippen LogP contribution in [0.1, 0.15) is 24.2 Å². The predicted octanol–water partition coefficient (Wildman–Crippen LogP) is 3.22. The van der Waals surface area contributed by atoms with Crippen molar-refractivity contribution in [1.82, 2.24) is 4.31 Å². The molecule has 0 aliphatic heterocycles. The number of rotatable bonds is 7. The Morgan fingerprint density at radius 1 is 1.12 bits per heavy atom. The van der Waals surface area contributed by atoms with Crippen molar-refractivity contribution in [2.75, 3.05) is 26.0 Å². The van der Waals surface area contributed by atoms with Crippen molar-refractivity contribution in [1.29, 1.82) is 0 Å². The normalized spacial score (nSPS) is 11.6. The van der Waals surface area contributed by atoms with Gasteiger partial charge in [-0.25, -0.2) is 12.7 Å². The third-order valence-electron chi connectivity index (χ3n) is 3.57. The fourth-order valence-corrected chi connectivity index (χ4v) is 3.22. The topological polar surface area (TPSA) is 75.7 Å². The summed E-state index contributed by atoms with van der Waals surface area (Å²) in [6, 6.07) is 13.1. The fraction of sp³-hybridized carbons (Fsp3) is 0.316. The maximum Gasteiger partial charge on any atom is 0.255 e. The van der Waals surface area contributed by atoms with Crippen molar-refractivity contribution in [3.8, 4) is 5.75 Å². The summed E-state index contributed by atoms with van der Waals surface area (Å²) in [6.45, 7) is 4.63. The van der Waals surface area contributed by atoms with E-state index in [0.29, 0.717) is 23.8 Å². The number of carbonyl (C=O) groups is 1. The maximum absolute atomic E-state index is 12.6. The molecular formula is C19H24N2O4S. The highest BCUT2D eigenvalue weighted by Crippen LogP contribution is 2.24. The van der Waals surface area contributed by atoms with Crippen LogP contribution in [0.5, 0.6) is 5.75 Å². The number of para-hydroxylation sites is 1. The third kappa shape index (κ3) is 4.83. The van der Waals surface area contributed by atoms with Crippen LogP contribution >= 0.6 is 0 Å². The van der Waals surface area contributed by atoms with Crippen molar-refractivity contribution in [2.24, 2.45) is 5.92 Å². The molecule has 0 fully saturated rings. The van der Waals surface area contributed by atoms with E-state index in [1.54, 1.807) is 42.5 Å². The van der Waals surface area contributed by atoms with Gasteiger partial charge >= 0.3 is 0 Å². The van der Waals surface area contributed by atoms with Gasteiger partial charge < -0.3 is 10.1 Å². The van der Waals surface area contributed by atoms with E-state index in [2.05, 4.69) is 5.32 Å². The van der Waals surface area contributed by atoms with E-state index in [9.17, 15) is 13.2 Å². The van der Waals surface area contributed by atoms with Gasteiger partial charge in [-0.15, -0.1) is 0 Å². The van der Waals surface area contributed by atoms with Crippen molar-refractivity contribution in [3.05, 3.63) is 54.1 Å². The van der Waals surface area contributed by atoms with E-state index in [-0.39, 0.29) is 10.6 Å². The zero-order valence-electron chi connectivity index (χ0n) is 15.4. The van der Waals surface area contributed by atoms with Crippen LogP contribution < -0.4 is 10.1 Å². The Hall–Kier alpha value is -2.38. The second kappa shape index (κ2) is 8.33. The predicted molar refractivity (Wildman–Crippen MR) is 102 cm³/mol. The quantitative estimate of drug-likeness (QED) is 0.805. The molecule has 6 nitrogen and oxygen atoms in total. The summed E-state index contributed by atoms with van der Waals surface area (Å²) in [4.78, 5) is 12.6. The molecule has 0 bridgehead atoms. The summed E-state index contributed by atoms with van der Waals surface area (Å²) in [7, 11) is -0.772. The Labute approximate surface area is 154 Å². The van der Waals surface area contributed by atoms with E-state index in [4.69, 9.17) is 4.74 Å². The van der Waals surface area contributed by atoms with Gasteiger partial charge in [0.15, 0.2) is 0 Å². The molecule has 140 valence electrons. The van der Waals surface area contributed by atoms with E-state index in [1.165, 1.54) is 20.2 Å². The molecule has 2 aromatic carbocycles. The number of benzene rings is 2. The average Bonchev–Trinajstić information content (AvgIpc) is 2.60. The van der Waals surface area contributed by atoms with Gasteiger partial charge in [0.25, 0.3) is 5.91 Å². The molecule has 2 rings (SSSR count). The molecule has 0 aromatic heterocycles. The van der Waals surface area contributed by atoms with E-state index in [0.717, 1.165) is 4.31 Å². The zero-order valence-corrected chi connectivity index (χ0v) is 16.2. The highest BCUT2D eigenvalue weighted by molar-refractivity contribution is 7.89. The highest BCUT2D eigenvalue weighted by atomic mass is 32.2. The third-order valence-corrected chi connectivity index (χ3v) is 5.45. The number of amides is 1. The Morgan fingerprint density at radius 2 is 1.81 bits per heavy atom. The summed E-state index contributed by atoms with van der Waals surface area (Å²) in [5.74, 6) is 0.567. The molecule has 0 saturated heterocycles. The molecule has 0 heterocycles. The number of sulfonamides is 1. The molecule has 1 amide bonds. The molecule has 26 heavy (non-hydrogen) atoms. The zero-order chi connectivity index (χ0) is 19.3. The van der Waals surface area contributed by atoms with Gasteiger partial charge in [-0.1, -0.05) is 32.0 Å². The molecule has 0 saturated carbocycles.